The van der Waals surface area contributed by atoms with E-state index in [-0.39, 0.29) is 23.1 Å². The lowest BCUT2D eigenvalue weighted by Gasteiger charge is -2.11. The number of aromatic nitrogens is 2. The van der Waals surface area contributed by atoms with Crippen molar-refractivity contribution in [3.8, 4) is 5.75 Å². The van der Waals surface area contributed by atoms with Crippen LogP contribution >= 0.6 is 27.3 Å². The molecule has 11 heteroatoms. The first kappa shape index (κ1) is 20.8. The number of nitrogens with zero attached hydrogens (tertiary/aromatic N) is 2. The number of nitrogens with one attached hydrogen (secondary N) is 2. The molecule has 3 rings (SSSR count). The number of rotatable bonds is 7. The van der Waals surface area contributed by atoms with Gasteiger partial charge >= 0.3 is 0 Å². The molecule has 3 aromatic rings. The van der Waals surface area contributed by atoms with Crippen molar-refractivity contribution < 1.29 is 23.1 Å². The predicted octanol–water partition coefficient (Wildman–Crippen LogP) is 4.51. The molecule has 150 valence electrons. The number of ether oxygens (including phenoxy) is 1. The maximum Gasteiger partial charge on any atom is 0.291 e. The Bertz CT molecular complexity index is 1010. The average Bonchev–Trinajstić information content (AvgIpc) is 3.17. The summed E-state index contributed by atoms with van der Waals surface area (Å²) in [6, 6.07) is 13.2. The Kier molecular flexibility index (Phi) is 6.83. The van der Waals surface area contributed by atoms with Crippen LogP contribution in [0.5, 0.6) is 5.75 Å². The van der Waals surface area contributed by atoms with Gasteiger partial charge in [0, 0.05) is 10.2 Å². The second-order valence-electron chi connectivity index (χ2n) is 5.54. The Labute approximate surface area is 176 Å². The van der Waals surface area contributed by atoms with Crippen LogP contribution in [0.4, 0.5) is 19.6 Å². The van der Waals surface area contributed by atoms with Crippen molar-refractivity contribution in [1.82, 2.24) is 10.2 Å². The van der Waals surface area contributed by atoms with Crippen molar-refractivity contribution in [2.75, 3.05) is 17.2 Å². The lowest BCUT2D eigenvalue weighted by molar-refractivity contribution is -0.118. The van der Waals surface area contributed by atoms with Gasteiger partial charge in [-0.1, -0.05) is 39.4 Å². The molecule has 1 aromatic heterocycles. The van der Waals surface area contributed by atoms with Gasteiger partial charge in [-0.15, -0.1) is 10.2 Å². The quantitative estimate of drug-likeness (QED) is 0.516. The first-order valence-electron chi connectivity index (χ1n) is 8.12. The SMILES string of the molecule is O=C(COc1ccccc1C(=O)Nc1nnc(C(F)F)s1)Nc1ccc(Br)cc1. The van der Waals surface area contributed by atoms with E-state index in [0.717, 1.165) is 4.47 Å². The van der Waals surface area contributed by atoms with E-state index < -0.39 is 23.2 Å². The summed E-state index contributed by atoms with van der Waals surface area (Å²) in [5.74, 6) is -0.867. The van der Waals surface area contributed by atoms with Crippen LogP contribution in [0.3, 0.4) is 0 Å². The third-order valence-corrected chi connectivity index (χ3v) is 4.84. The zero-order valence-electron chi connectivity index (χ0n) is 14.6. The van der Waals surface area contributed by atoms with Crippen LogP contribution in [0.15, 0.2) is 53.0 Å². The number of amides is 2. The van der Waals surface area contributed by atoms with Crippen LogP contribution in [0.2, 0.25) is 0 Å². The van der Waals surface area contributed by atoms with Crippen molar-refractivity contribution in [1.29, 1.82) is 0 Å². The fourth-order valence-electron chi connectivity index (χ4n) is 2.19. The van der Waals surface area contributed by atoms with E-state index in [1.807, 2.05) is 0 Å². The Morgan fingerprint density at radius 1 is 1.07 bits per heavy atom. The highest BCUT2D eigenvalue weighted by Crippen LogP contribution is 2.26. The summed E-state index contributed by atoms with van der Waals surface area (Å²) in [6.07, 6.45) is -2.77. The molecule has 0 radical (unpaired) electrons. The normalized spacial score (nSPS) is 10.6. The molecule has 0 saturated heterocycles. The van der Waals surface area contributed by atoms with Crippen LogP contribution in [0.25, 0.3) is 0 Å². The van der Waals surface area contributed by atoms with Crippen molar-refractivity contribution in [3.63, 3.8) is 0 Å². The second kappa shape index (κ2) is 9.52. The molecule has 2 aromatic carbocycles. The van der Waals surface area contributed by atoms with E-state index in [1.165, 1.54) is 12.1 Å². The number of hydrogen-bond acceptors (Lipinski definition) is 6. The Hall–Kier alpha value is -2.92. The molecule has 0 aliphatic rings. The van der Waals surface area contributed by atoms with Gasteiger partial charge in [-0.3, -0.25) is 14.9 Å². The molecular weight excluding hydrogens is 470 g/mol. The maximum absolute atomic E-state index is 12.6. The highest BCUT2D eigenvalue weighted by Gasteiger charge is 2.18. The summed E-state index contributed by atoms with van der Waals surface area (Å²) < 4.78 is 31.5. The molecule has 0 spiro atoms. The van der Waals surface area contributed by atoms with Gasteiger partial charge in [0.1, 0.15) is 5.75 Å². The first-order chi connectivity index (χ1) is 13.9. The van der Waals surface area contributed by atoms with Crippen molar-refractivity contribution in [2.24, 2.45) is 0 Å². The van der Waals surface area contributed by atoms with Crippen molar-refractivity contribution in [3.05, 3.63) is 63.6 Å². The predicted molar refractivity (Wildman–Crippen MR) is 108 cm³/mol. The van der Waals surface area contributed by atoms with E-state index in [1.54, 1.807) is 36.4 Å². The van der Waals surface area contributed by atoms with Gasteiger partial charge in [0.2, 0.25) is 5.13 Å². The number of carbonyl (C=O) groups is 2. The molecule has 0 saturated carbocycles. The Balaban J connectivity index is 1.62. The maximum atomic E-state index is 12.6. The monoisotopic (exact) mass is 482 g/mol. The molecular formula is C18H13BrF2N4O3S. The van der Waals surface area contributed by atoms with Crippen LogP contribution in [0, 0.1) is 0 Å². The summed E-state index contributed by atoms with van der Waals surface area (Å²) >= 11 is 3.88. The van der Waals surface area contributed by atoms with E-state index in [0.29, 0.717) is 17.0 Å². The van der Waals surface area contributed by atoms with E-state index in [4.69, 9.17) is 4.74 Å². The molecule has 0 fully saturated rings. The zero-order valence-corrected chi connectivity index (χ0v) is 17.0. The van der Waals surface area contributed by atoms with E-state index >= 15 is 0 Å². The van der Waals surface area contributed by atoms with Crippen LogP contribution in [0.1, 0.15) is 21.8 Å². The molecule has 0 unspecified atom stereocenters. The number of halogens is 3. The number of benzene rings is 2. The van der Waals surface area contributed by atoms with Crippen LogP contribution in [-0.2, 0) is 4.79 Å². The second-order valence-corrected chi connectivity index (χ2v) is 7.46. The molecule has 1 heterocycles. The van der Waals surface area contributed by atoms with E-state index in [2.05, 4.69) is 36.8 Å². The van der Waals surface area contributed by atoms with E-state index in [9.17, 15) is 18.4 Å². The molecule has 0 aliphatic heterocycles. The van der Waals surface area contributed by atoms with Gasteiger partial charge in [-0.25, -0.2) is 8.78 Å². The summed E-state index contributed by atoms with van der Waals surface area (Å²) in [5.41, 5.74) is 0.719. The minimum atomic E-state index is -2.77. The van der Waals surface area contributed by atoms with Gasteiger partial charge in [0.15, 0.2) is 11.6 Å². The zero-order chi connectivity index (χ0) is 20.8. The molecule has 2 amide bonds. The number of alkyl halides is 2. The number of para-hydroxylation sites is 1. The van der Waals surface area contributed by atoms with Crippen molar-refractivity contribution in [2.45, 2.75) is 6.43 Å². The first-order valence-corrected chi connectivity index (χ1v) is 9.73. The smallest absolute Gasteiger partial charge is 0.291 e. The summed E-state index contributed by atoms with van der Waals surface area (Å²) in [6.45, 7) is -0.325. The lowest BCUT2D eigenvalue weighted by Crippen LogP contribution is -2.21. The van der Waals surface area contributed by atoms with Crippen molar-refractivity contribution >= 4 is 49.9 Å². The molecule has 0 aliphatic carbocycles. The topological polar surface area (TPSA) is 93.2 Å². The third kappa shape index (κ3) is 5.78. The van der Waals surface area contributed by atoms with Crippen LogP contribution in [-0.4, -0.2) is 28.6 Å². The number of anilines is 2. The summed E-state index contributed by atoms with van der Waals surface area (Å²) in [5, 5.41) is 11.3. The van der Waals surface area contributed by atoms with Crippen LogP contribution < -0.4 is 15.4 Å². The highest BCUT2D eigenvalue weighted by atomic mass is 79.9. The minimum Gasteiger partial charge on any atom is -0.483 e. The number of carbonyl (C=O) groups excluding carboxylic acids is 2. The molecule has 7 nitrogen and oxygen atoms in total. The fraction of sp³-hybridized carbons (Fsp3) is 0.111. The molecule has 0 bridgehead atoms. The van der Waals surface area contributed by atoms with Gasteiger partial charge in [0.05, 0.1) is 5.56 Å². The summed E-state index contributed by atoms with van der Waals surface area (Å²) in [7, 11) is 0. The standard InChI is InChI=1S/C18H13BrF2N4O3S/c19-10-5-7-11(8-6-10)22-14(26)9-28-13-4-2-1-3-12(13)16(27)23-18-25-24-17(29-18)15(20)21/h1-8,15H,9H2,(H,22,26)(H,23,25,27). The largest absolute Gasteiger partial charge is 0.483 e. The number of hydrogen-bond donors (Lipinski definition) is 2. The van der Waals surface area contributed by atoms with Gasteiger partial charge in [-0.05, 0) is 36.4 Å². The fourth-order valence-corrected chi connectivity index (χ4v) is 3.05. The average molecular weight is 483 g/mol. The molecule has 29 heavy (non-hydrogen) atoms. The Morgan fingerprint density at radius 2 is 1.79 bits per heavy atom. The minimum absolute atomic E-state index is 0.0620. The summed E-state index contributed by atoms with van der Waals surface area (Å²) in [4.78, 5) is 24.5. The van der Waals surface area contributed by atoms with Gasteiger partial charge in [-0.2, -0.15) is 0 Å². The Morgan fingerprint density at radius 3 is 2.48 bits per heavy atom. The molecule has 0 atom stereocenters. The lowest BCUT2D eigenvalue weighted by atomic mass is 10.2. The van der Waals surface area contributed by atoms with Gasteiger partial charge in [0.25, 0.3) is 18.2 Å². The molecule has 2 N–H and O–H groups in total. The highest BCUT2D eigenvalue weighted by molar-refractivity contribution is 9.10. The van der Waals surface area contributed by atoms with Gasteiger partial charge < -0.3 is 10.1 Å². The third-order valence-electron chi connectivity index (χ3n) is 3.47.